The molecule has 16 heavy (non-hydrogen) atoms. The van der Waals surface area contributed by atoms with Crippen LogP contribution in [0.25, 0.3) is 0 Å². The van der Waals surface area contributed by atoms with Gasteiger partial charge in [0.05, 0.1) is 6.54 Å². The molecular weight excluding hydrogens is 236 g/mol. The van der Waals surface area contributed by atoms with Gasteiger partial charge in [0.15, 0.2) is 5.17 Å². The number of thioether (sulfide) groups is 2. The Morgan fingerprint density at radius 3 is 2.75 bits per heavy atom. The van der Waals surface area contributed by atoms with Gasteiger partial charge in [0, 0.05) is 16.5 Å². The first-order valence-corrected chi connectivity index (χ1v) is 8.35. The van der Waals surface area contributed by atoms with E-state index in [9.17, 15) is 0 Å². The van der Waals surface area contributed by atoms with Crippen LogP contribution < -0.4 is 5.32 Å². The third-order valence-corrected chi connectivity index (χ3v) is 6.17. The van der Waals surface area contributed by atoms with Gasteiger partial charge >= 0.3 is 0 Å². The van der Waals surface area contributed by atoms with Crippen LogP contribution in [0.2, 0.25) is 0 Å². The highest BCUT2D eigenvalue weighted by molar-refractivity contribution is 8.14. The number of hydrogen-bond acceptors (Lipinski definition) is 3. The summed E-state index contributed by atoms with van der Waals surface area (Å²) in [5.74, 6) is 1.89. The third-order valence-electron chi connectivity index (χ3n) is 3.72. The second kappa shape index (κ2) is 5.21. The SMILES string of the molecule is CSC1(CN=C2NC(C(C)C)CS2)CCC1. The lowest BCUT2D eigenvalue weighted by atomic mass is 9.84. The molecule has 1 atom stereocenters. The van der Waals surface area contributed by atoms with Gasteiger partial charge in [-0.1, -0.05) is 32.0 Å². The summed E-state index contributed by atoms with van der Waals surface area (Å²) in [7, 11) is 0. The summed E-state index contributed by atoms with van der Waals surface area (Å²) < 4.78 is 0.477. The van der Waals surface area contributed by atoms with Crippen LogP contribution in [0.1, 0.15) is 33.1 Å². The summed E-state index contributed by atoms with van der Waals surface area (Å²) >= 11 is 3.90. The minimum atomic E-state index is 0.477. The van der Waals surface area contributed by atoms with E-state index in [1.807, 2.05) is 23.5 Å². The molecule has 1 saturated carbocycles. The van der Waals surface area contributed by atoms with Crippen LogP contribution in [-0.2, 0) is 0 Å². The molecule has 1 N–H and O–H groups in total. The van der Waals surface area contributed by atoms with Crippen molar-refractivity contribution in [1.29, 1.82) is 0 Å². The smallest absolute Gasteiger partial charge is 0.156 e. The van der Waals surface area contributed by atoms with Crippen molar-refractivity contribution in [2.75, 3.05) is 18.6 Å². The molecule has 0 radical (unpaired) electrons. The van der Waals surface area contributed by atoms with E-state index >= 15 is 0 Å². The molecule has 2 aliphatic rings. The van der Waals surface area contributed by atoms with Crippen molar-refractivity contribution in [3.8, 4) is 0 Å². The Kier molecular flexibility index (Phi) is 4.11. The van der Waals surface area contributed by atoms with E-state index < -0.39 is 0 Å². The summed E-state index contributed by atoms with van der Waals surface area (Å²) in [6.07, 6.45) is 6.32. The van der Waals surface area contributed by atoms with Crippen LogP contribution in [0.15, 0.2) is 4.99 Å². The van der Waals surface area contributed by atoms with Crippen molar-refractivity contribution >= 4 is 28.7 Å². The molecule has 4 heteroatoms. The van der Waals surface area contributed by atoms with Crippen LogP contribution in [-0.4, -0.2) is 34.5 Å². The number of nitrogens with one attached hydrogen (secondary N) is 1. The van der Waals surface area contributed by atoms with Gasteiger partial charge in [0.2, 0.25) is 0 Å². The first-order valence-electron chi connectivity index (χ1n) is 6.14. The Labute approximate surface area is 107 Å². The van der Waals surface area contributed by atoms with Gasteiger partial charge in [-0.3, -0.25) is 4.99 Å². The van der Waals surface area contributed by atoms with Gasteiger partial charge in [0.1, 0.15) is 0 Å². The van der Waals surface area contributed by atoms with Crippen LogP contribution >= 0.6 is 23.5 Å². The average molecular weight is 258 g/mol. The van der Waals surface area contributed by atoms with Crippen molar-refractivity contribution < 1.29 is 0 Å². The summed E-state index contributed by atoms with van der Waals surface area (Å²) in [4.78, 5) is 4.77. The molecule has 0 aromatic heterocycles. The van der Waals surface area contributed by atoms with Gasteiger partial charge in [-0.15, -0.1) is 0 Å². The Morgan fingerprint density at radius 2 is 2.31 bits per heavy atom. The molecule has 0 spiro atoms. The van der Waals surface area contributed by atoms with E-state index in [2.05, 4.69) is 25.4 Å². The maximum atomic E-state index is 4.77. The number of aliphatic imine (C=N–C) groups is 1. The predicted molar refractivity (Wildman–Crippen MR) is 76.6 cm³/mol. The Hall–Kier alpha value is 0.170. The summed E-state index contributed by atoms with van der Waals surface area (Å²) in [5.41, 5.74) is 0. The Bertz CT molecular complexity index is 267. The lowest BCUT2D eigenvalue weighted by Crippen LogP contribution is -2.37. The van der Waals surface area contributed by atoms with Crippen molar-refractivity contribution in [2.45, 2.75) is 43.9 Å². The molecule has 1 heterocycles. The average Bonchev–Trinajstić information content (AvgIpc) is 2.65. The minimum absolute atomic E-state index is 0.477. The van der Waals surface area contributed by atoms with E-state index in [1.165, 1.54) is 30.2 Å². The molecular formula is C12H22N2S2. The molecule has 92 valence electrons. The summed E-state index contributed by atoms with van der Waals surface area (Å²) in [5, 5.41) is 4.72. The van der Waals surface area contributed by atoms with Crippen molar-refractivity contribution in [3.05, 3.63) is 0 Å². The lowest BCUT2D eigenvalue weighted by molar-refractivity contribution is 0.372. The van der Waals surface area contributed by atoms with Gasteiger partial charge < -0.3 is 5.32 Å². The molecule has 0 bridgehead atoms. The van der Waals surface area contributed by atoms with Crippen molar-refractivity contribution in [2.24, 2.45) is 10.9 Å². The standard InChI is InChI=1S/C12H22N2S2/c1-9(2)10-7-16-11(14-10)13-8-12(15-3)5-4-6-12/h9-10H,4-8H2,1-3H3,(H,13,14). The Morgan fingerprint density at radius 1 is 1.56 bits per heavy atom. The third kappa shape index (κ3) is 2.70. The predicted octanol–water partition coefficient (Wildman–Crippen LogP) is 2.99. The molecule has 0 aromatic rings. The van der Waals surface area contributed by atoms with Crippen LogP contribution in [0.4, 0.5) is 0 Å². The molecule has 0 aromatic carbocycles. The minimum Gasteiger partial charge on any atom is -0.361 e. The fourth-order valence-electron chi connectivity index (χ4n) is 2.07. The van der Waals surface area contributed by atoms with E-state index in [0.717, 1.165) is 6.54 Å². The highest BCUT2D eigenvalue weighted by Crippen LogP contribution is 2.43. The molecule has 0 amide bonds. The normalized spacial score (nSPS) is 30.5. The Balaban J connectivity index is 1.84. The molecule has 1 aliphatic heterocycles. The van der Waals surface area contributed by atoms with E-state index in [0.29, 0.717) is 16.7 Å². The van der Waals surface area contributed by atoms with Crippen LogP contribution in [0.3, 0.4) is 0 Å². The first-order chi connectivity index (χ1) is 7.65. The van der Waals surface area contributed by atoms with Crippen LogP contribution in [0, 0.1) is 5.92 Å². The molecule has 1 aliphatic carbocycles. The number of rotatable bonds is 4. The van der Waals surface area contributed by atoms with Crippen LogP contribution in [0.5, 0.6) is 0 Å². The quantitative estimate of drug-likeness (QED) is 0.839. The molecule has 2 nitrogen and oxygen atoms in total. The van der Waals surface area contributed by atoms with Gasteiger partial charge in [0.25, 0.3) is 0 Å². The fourth-order valence-corrected chi connectivity index (χ4v) is 4.16. The van der Waals surface area contributed by atoms with Gasteiger partial charge in [-0.05, 0) is 25.0 Å². The highest BCUT2D eigenvalue weighted by atomic mass is 32.2. The maximum Gasteiger partial charge on any atom is 0.156 e. The zero-order valence-corrected chi connectivity index (χ0v) is 12.1. The molecule has 1 saturated heterocycles. The summed E-state index contributed by atoms with van der Waals surface area (Å²) in [6, 6.07) is 0.621. The maximum absolute atomic E-state index is 4.77. The summed E-state index contributed by atoms with van der Waals surface area (Å²) in [6.45, 7) is 5.56. The zero-order valence-electron chi connectivity index (χ0n) is 10.5. The highest BCUT2D eigenvalue weighted by Gasteiger charge is 2.36. The second-order valence-electron chi connectivity index (χ2n) is 5.17. The first kappa shape index (κ1) is 12.6. The van der Waals surface area contributed by atoms with Gasteiger partial charge in [-0.25, -0.2) is 0 Å². The molecule has 2 rings (SSSR count). The fraction of sp³-hybridized carbons (Fsp3) is 0.917. The topological polar surface area (TPSA) is 24.4 Å². The lowest BCUT2D eigenvalue weighted by Gasteiger charge is -2.39. The van der Waals surface area contributed by atoms with E-state index in [-0.39, 0.29) is 0 Å². The number of hydrogen-bond donors (Lipinski definition) is 1. The van der Waals surface area contributed by atoms with Crippen molar-refractivity contribution in [3.63, 3.8) is 0 Å². The monoisotopic (exact) mass is 258 g/mol. The second-order valence-corrected chi connectivity index (χ2v) is 7.45. The zero-order chi connectivity index (χ0) is 11.6. The van der Waals surface area contributed by atoms with Crippen molar-refractivity contribution in [1.82, 2.24) is 5.32 Å². The van der Waals surface area contributed by atoms with E-state index in [1.54, 1.807) is 0 Å². The molecule has 1 unspecified atom stereocenters. The largest absolute Gasteiger partial charge is 0.361 e. The molecule has 2 fully saturated rings. The number of nitrogens with zero attached hydrogens (tertiary/aromatic N) is 1. The van der Waals surface area contributed by atoms with Gasteiger partial charge in [-0.2, -0.15) is 11.8 Å². The number of amidine groups is 1. The van der Waals surface area contributed by atoms with E-state index in [4.69, 9.17) is 4.99 Å².